The predicted molar refractivity (Wildman–Crippen MR) is 142 cm³/mol. The molecule has 2 atom stereocenters. The molecule has 0 saturated heterocycles. The number of hydrogen-bond donors (Lipinski definition) is 0. The second kappa shape index (κ2) is 11.8. The summed E-state index contributed by atoms with van der Waals surface area (Å²) >= 11 is 0. The van der Waals surface area contributed by atoms with Crippen LogP contribution in [-0.2, 0) is 0 Å². The summed E-state index contributed by atoms with van der Waals surface area (Å²) in [6.45, 7) is 4.98. The molecule has 0 heterocycles. The molecule has 5 fully saturated rings. The van der Waals surface area contributed by atoms with E-state index in [1.54, 1.807) is 51.4 Å². The molecule has 5 aliphatic carbocycles. The first kappa shape index (κ1) is 24.6. The van der Waals surface area contributed by atoms with Gasteiger partial charge in [0.1, 0.15) is 0 Å². The molecule has 0 spiro atoms. The maximum atomic E-state index is 3.25. The number of rotatable bonds is 5. The fourth-order valence-corrected chi connectivity index (χ4v) is 9.56. The van der Waals surface area contributed by atoms with Crippen LogP contribution in [0.3, 0.4) is 0 Å². The van der Waals surface area contributed by atoms with Gasteiger partial charge in [0.05, 0.1) is 0 Å². The lowest BCUT2D eigenvalue weighted by Gasteiger charge is -2.51. The molecule has 1 nitrogen and oxygen atoms in total. The van der Waals surface area contributed by atoms with Crippen molar-refractivity contribution in [3.63, 3.8) is 0 Å². The number of hydrogen-bond acceptors (Lipinski definition) is 1. The highest BCUT2D eigenvalue weighted by Gasteiger charge is 2.40. The molecule has 0 N–H and O–H groups in total. The van der Waals surface area contributed by atoms with Crippen molar-refractivity contribution < 1.29 is 0 Å². The third-order valence-electron chi connectivity index (χ3n) is 11.7. The molecule has 5 saturated carbocycles. The van der Waals surface area contributed by atoms with Gasteiger partial charge in [0.25, 0.3) is 0 Å². The van der Waals surface area contributed by atoms with Crippen LogP contribution in [0.5, 0.6) is 0 Å². The van der Waals surface area contributed by atoms with Crippen molar-refractivity contribution in [2.45, 2.75) is 167 Å². The minimum absolute atomic E-state index is 0.932. The van der Waals surface area contributed by atoms with Gasteiger partial charge in [-0.3, -0.25) is 4.90 Å². The fraction of sp³-hybridized carbons (Fsp3) is 1.00. The Balaban J connectivity index is 1.22. The van der Waals surface area contributed by atoms with Crippen molar-refractivity contribution in [2.75, 3.05) is 0 Å². The largest absolute Gasteiger partial charge is 0.294 e. The van der Waals surface area contributed by atoms with Gasteiger partial charge in [0, 0.05) is 18.1 Å². The second-order valence-electron chi connectivity index (χ2n) is 13.9. The zero-order valence-electron chi connectivity index (χ0n) is 22.5. The van der Waals surface area contributed by atoms with Crippen molar-refractivity contribution in [2.24, 2.45) is 35.5 Å². The van der Waals surface area contributed by atoms with E-state index >= 15 is 0 Å². The van der Waals surface area contributed by atoms with Crippen LogP contribution in [0.4, 0.5) is 0 Å². The van der Waals surface area contributed by atoms with Crippen LogP contribution in [0.15, 0.2) is 0 Å². The molecule has 33 heavy (non-hydrogen) atoms. The molecule has 190 valence electrons. The Labute approximate surface area is 207 Å². The zero-order valence-corrected chi connectivity index (χ0v) is 22.5. The summed E-state index contributed by atoms with van der Waals surface area (Å²) in [7, 11) is 0. The third-order valence-corrected chi connectivity index (χ3v) is 11.7. The van der Waals surface area contributed by atoms with Gasteiger partial charge < -0.3 is 0 Å². The van der Waals surface area contributed by atoms with Gasteiger partial charge in [-0.25, -0.2) is 0 Å². The highest BCUT2D eigenvalue weighted by Crippen LogP contribution is 2.45. The average molecular weight is 456 g/mol. The summed E-state index contributed by atoms with van der Waals surface area (Å²) in [6, 6.07) is 2.80. The second-order valence-corrected chi connectivity index (χ2v) is 13.9. The number of nitrogens with zero attached hydrogens (tertiary/aromatic N) is 1. The van der Waals surface area contributed by atoms with Crippen molar-refractivity contribution in [3.8, 4) is 0 Å². The van der Waals surface area contributed by atoms with E-state index < -0.39 is 0 Å². The average Bonchev–Trinajstić information content (AvgIpc) is 2.87. The smallest absolute Gasteiger partial charge is 0.0104 e. The van der Waals surface area contributed by atoms with E-state index in [-0.39, 0.29) is 0 Å². The molecular weight excluding hydrogens is 398 g/mol. The summed E-state index contributed by atoms with van der Waals surface area (Å²) in [4.78, 5) is 3.25. The predicted octanol–water partition coefficient (Wildman–Crippen LogP) is 9.39. The van der Waals surface area contributed by atoms with E-state index in [2.05, 4.69) is 18.7 Å². The Bertz CT molecular complexity index is 555. The van der Waals surface area contributed by atoms with Gasteiger partial charge in [-0.2, -0.15) is 0 Å². The van der Waals surface area contributed by atoms with Crippen LogP contribution in [-0.4, -0.2) is 23.0 Å². The molecule has 5 aliphatic rings. The van der Waals surface area contributed by atoms with E-state index in [9.17, 15) is 0 Å². The SMILES string of the molecule is CC1CCC(C2CCC(N(C3CCCCC3)C3CCCC(C4CCC(C)CC4)C3)CC2)CC1. The van der Waals surface area contributed by atoms with Crippen molar-refractivity contribution in [3.05, 3.63) is 0 Å². The van der Waals surface area contributed by atoms with Gasteiger partial charge >= 0.3 is 0 Å². The summed E-state index contributed by atoms with van der Waals surface area (Å²) in [5, 5.41) is 0. The summed E-state index contributed by atoms with van der Waals surface area (Å²) in [5.74, 6) is 6.29. The highest BCUT2D eigenvalue weighted by molar-refractivity contribution is 4.94. The van der Waals surface area contributed by atoms with Crippen LogP contribution in [0.1, 0.15) is 149 Å². The minimum atomic E-state index is 0.932. The maximum absolute atomic E-state index is 3.25. The monoisotopic (exact) mass is 455 g/mol. The van der Waals surface area contributed by atoms with Gasteiger partial charge in [-0.15, -0.1) is 0 Å². The topological polar surface area (TPSA) is 3.24 Å². The Hall–Kier alpha value is -0.0400. The summed E-state index contributed by atoms with van der Waals surface area (Å²) in [6.07, 6.45) is 32.2. The van der Waals surface area contributed by atoms with Gasteiger partial charge in [0.2, 0.25) is 0 Å². The molecule has 0 aromatic rings. The lowest BCUT2D eigenvalue weighted by atomic mass is 9.68. The summed E-state index contributed by atoms with van der Waals surface area (Å²) in [5.41, 5.74) is 0. The van der Waals surface area contributed by atoms with Crippen LogP contribution in [0.25, 0.3) is 0 Å². The van der Waals surface area contributed by atoms with Crippen LogP contribution in [0, 0.1) is 35.5 Å². The van der Waals surface area contributed by atoms with Crippen LogP contribution in [0.2, 0.25) is 0 Å². The Morgan fingerprint density at radius 1 is 0.364 bits per heavy atom. The maximum Gasteiger partial charge on any atom is 0.0104 e. The lowest BCUT2D eigenvalue weighted by molar-refractivity contribution is -0.00821. The molecule has 0 aromatic heterocycles. The van der Waals surface area contributed by atoms with Crippen molar-refractivity contribution >= 4 is 0 Å². The van der Waals surface area contributed by atoms with Gasteiger partial charge in [0.15, 0.2) is 0 Å². The van der Waals surface area contributed by atoms with Gasteiger partial charge in [-0.1, -0.05) is 71.6 Å². The molecule has 1 heteroatoms. The molecule has 2 unspecified atom stereocenters. The van der Waals surface area contributed by atoms with E-state index in [1.807, 2.05) is 0 Å². The van der Waals surface area contributed by atoms with Crippen LogP contribution < -0.4 is 0 Å². The first-order chi connectivity index (χ1) is 16.2. The van der Waals surface area contributed by atoms with E-state index in [4.69, 9.17) is 0 Å². The van der Waals surface area contributed by atoms with Crippen molar-refractivity contribution in [1.82, 2.24) is 4.90 Å². The third kappa shape index (κ3) is 6.21. The van der Waals surface area contributed by atoms with Crippen molar-refractivity contribution in [1.29, 1.82) is 0 Å². The van der Waals surface area contributed by atoms with Crippen LogP contribution >= 0.6 is 0 Å². The molecule has 0 radical (unpaired) electrons. The van der Waals surface area contributed by atoms with E-state index in [0.29, 0.717) is 0 Å². The lowest BCUT2D eigenvalue weighted by Crippen LogP contribution is -2.53. The molecular formula is C32H57N. The summed E-state index contributed by atoms with van der Waals surface area (Å²) < 4.78 is 0. The quantitative estimate of drug-likeness (QED) is 0.399. The molecule has 0 aromatic carbocycles. The van der Waals surface area contributed by atoms with E-state index in [0.717, 1.165) is 53.6 Å². The Kier molecular flexibility index (Phi) is 8.81. The molecule has 0 aliphatic heterocycles. The Morgan fingerprint density at radius 2 is 0.818 bits per heavy atom. The fourth-order valence-electron chi connectivity index (χ4n) is 9.56. The Morgan fingerprint density at radius 3 is 1.39 bits per heavy atom. The first-order valence-electron chi connectivity index (χ1n) is 15.9. The standard InChI is InChI=1S/C32H57N/c1-24-11-15-26(16-12-24)27-19-21-31(22-20-27)33(30-8-4-3-5-9-30)32-10-6-7-29(23-32)28-17-13-25(2)14-18-28/h24-32H,3-23H2,1-2H3. The highest BCUT2D eigenvalue weighted by atomic mass is 15.2. The normalized spacial score (nSPS) is 44.1. The molecule has 5 rings (SSSR count). The van der Waals surface area contributed by atoms with Gasteiger partial charge in [-0.05, 0) is 113 Å². The van der Waals surface area contributed by atoms with E-state index in [1.165, 1.54) is 83.5 Å². The zero-order chi connectivity index (χ0) is 22.6. The minimum Gasteiger partial charge on any atom is -0.294 e. The first-order valence-corrected chi connectivity index (χ1v) is 15.9. The molecule has 0 bridgehead atoms. The molecule has 0 amide bonds.